The van der Waals surface area contributed by atoms with Gasteiger partial charge >= 0.3 is 0 Å². The minimum absolute atomic E-state index is 0.254. The van der Waals surface area contributed by atoms with E-state index in [9.17, 15) is 4.79 Å². The van der Waals surface area contributed by atoms with E-state index < -0.39 is 0 Å². The third-order valence-corrected chi connectivity index (χ3v) is 4.26. The van der Waals surface area contributed by atoms with Crippen molar-refractivity contribution < 1.29 is 4.79 Å². The van der Waals surface area contributed by atoms with Gasteiger partial charge in [0.25, 0.3) is 0 Å². The molecule has 0 spiro atoms. The predicted octanol–water partition coefficient (Wildman–Crippen LogP) is 0.977. The highest BCUT2D eigenvalue weighted by Gasteiger charge is 2.21. The van der Waals surface area contributed by atoms with Gasteiger partial charge in [-0.05, 0) is 57.8 Å². The van der Waals surface area contributed by atoms with Crippen LogP contribution < -0.4 is 10.6 Å². The normalized spacial score (nSPS) is 29.4. The number of rotatable bonds is 5. The third-order valence-electron chi connectivity index (χ3n) is 4.26. The molecule has 2 aliphatic rings. The molecule has 18 heavy (non-hydrogen) atoms. The highest BCUT2D eigenvalue weighted by Crippen LogP contribution is 2.15. The molecule has 0 aromatic carbocycles. The number of carbonyl (C=O) groups excluding carboxylic acids is 1. The SMILES string of the molecule is CCN1CCCC(NC(=O)CCC2CCNC2)C1. The van der Waals surface area contributed by atoms with E-state index in [4.69, 9.17) is 0 Å². The Kier molecular flexibility index (Phi) is 5.45. The van der Waals surface area contributed by atoms with E-state index in [1.807, 2.05) is 0 Å². The summed E-state index contributed by atoms with van der Waals surface area (Å²) in [5.74, 6) is 0.971. The largest absolute Gasteiger partial charge is 0.352 e. The van der Waals surface area contributed by atoms with Crippen molar-refractivity contribution in [2.24, 2.45) is 5.92 Å². The molecular formula is C14H27N3O. The zero-order valence-electron chi connectivity index (χ0n) is 11.6. The van der Waals surface area contributed by atoms with Crippen LogP contribution in [0.1, 0.15) is 39.0 Å². The molecule has 2 fully saturated rings. The molecule has 0 aromatic rings. The molecule has 1 amide bonds. The number of amides is 1. The number of hydrogen-bond donors (Lipinski definition) is 2. The van der Waals surface area contributed by atoms with Crippen molar-refractivity contribution >= 4 is 5.91 Å². The second-order valence-electron chi connectivity index (χ2n) is 5.70. The molecule has 0 aliphatic carbocycles. The lowest BCUT2D eigenvalue weighted by Gasteiger charge is -2.32. The van der Waals surface area contributed by atoms with Crippen molar-refractivity contribution in [3.8, 4) is 0 Å². The Labute approximate surface area is 110 Å². The van der Waals surface area contributed by atoms with Crippen LogP contribution in [-0.2, 0) is 4.79 Å². The Morgan fingerprint density at radius 2 is 2.33 bits per heavy atom. The molecule has 2 unspecified atom stereocenters. The lowest BCUT2D eigenvalue weighted by Crippen LogP contribution is -2.47. The quantitative estimate of drug-likeness (QED) is 0.767. The lowest BCUT2D eigenvalue weighted by molar-refractivity contribution is -0.122. The van der Waals surface area contributed by atoms with Gasteiger partial charge < -0.3 is 15.5 Å². The maximum Gasteiger partial charge on any atom is 0.220 e. The third kappa shape index (κ3) is 4.25. The number of likely N-dealkylation sites (N-methyl/N-ethyl adjacent to an activating group) is 1. The molecule has 0 aromatic heterocycles. The Balaban J connectivity index is 1.63. The first kappa shape index (κ1) is 13.8. The van der Waals surface area contributed by atoms with E-state index in [0.717, 1.165) is 39.0 Å². The van der Waals surface area contributed by atoms with Crippen molar-refractivity contribution in [1.29, 1.82) is 0 Å². The van der Waals surface area contributed by atoms with Gasteiger partial charge in [-0.1, -0.05) is 6.92 Å². The molecule has 2 N–H and O–H groups in total. The highest BCUT2D eigenvalue weighted by molar-refractivity contribution is 5.76. The Morgan fingerprint density at radius 3 is 3.06 bits per heavy atom. The average molecular weight is 253 g/mol. The zero-order chi connectivity index (χ0) is 12.8. The summed E-state index contributed by atoms with van der Waals surface area (Å²) in [7, 11) is 0. The number of nitrogens with zero attached hydrogens (tertiary/aromatic N) is 1. The van der Waals surface area contributed by atoms with Gasteiger partial charge in [0.05, 0.1) is 0 Å². The molecule has 2 atom stereocenters. The van der Waals surface area contributed by atoms with Crippen LogP contribution in [0.2, 0.25) is 0 Å². The molecule has 104 valence electrons. The van der Waals surface area contributed by atoms with Crippen LogP contribution >= 0.6 is 0 Å². The first-order valence-corrected chi connectivity index (χ1v) is 7.50. The molecule has 2 saturated heterocycles. The van der Waals surface area contributed by atoms with Crippen molar-refractivity contribution in [2.45, 2.75) is 45.1 Å². The van der Waals surface area contributed by atoms with Gasteiger partial charge in [0.15, 0.2) is 0 Å². The summed E-state index contributed by atoms with van der Waals surface area (Å²) in [5.41, 5.74) is 0. The van der Waals surface area contributed by atoms with E-state index in [-0.39, 0.29) is 5.91 Å². The van der Waals surface area contributed by atoms with E-state index >= 15 is 0 Å². The number of nitrogens with one attached hydrogen (secondary N) is 2. The Morgan fingerprint density at radius 1 is 1.44 bits per heavy atom. The highest BCUT2D eigenvalue weighted by atomic mass is 16.1. The maximum atomic E-state index is 11.9. The molecule has 0 saturated carbocycles. The summed E-state index contributed by atoms with van der Waals surface area (Å²) in [6, 6.07) is 0.382. The summed E-state index contributed by atoms with van der Waals surface area (Å²) in [4.78, 5) is 14.3. The van der Waals surface area contributed by atoms with Crippen molar-refractivity contribution in [2.75, 3.05) is 32.7 Å². The Hall–Kier alpha value is -0.610. The van der Waals surface area contributed by atoms with Crippen LogP contribution in [0, 0.1) is 5.92 Å². The second-order valence-corrected chi connectivity index (χ2v) is 5.70. The van der Waals surface area contributed by atoms with Crippen LogP contribution in [0.5, 0.6) is 0 Å². The molecule has 2 rings (SSSR count). The fourth-order valence-corrected chi connectivity index (χ4v) is 3.06. The first-order chi connectivity index (χ1) is 8.78. The van der Waals surface area contributed by atoms with E-state index in [2.05, 4.69) is 22.5 Å². The van der Waals surface area contributed by atoms with Crippen molar-refractivity contribution in [3.05, 3.63) is 0 Å². The van der Waals surface area contributed by atoms with Gasteiger partial charge in [-0.3, -0.25) is 4.79 Å². The summed E-state index contributed by atoms with van der Waals surface area (Å²) >= 11 is 0. The van der Waals surface area contributed by atoms with Crippen LogP contribution in [0.25, 0.3) is 0 Å². The second kappa shape index (κ2) is 7.10. The van der Waals surface area contributed by atoms with Gasteiger partial charge in [-0.25, -0.2) is 0 Å². The molecule has 4 nitrogen and oxygen atoms in total. The van der Waals surface area contributed by atoms with Crippen LogP contribution in [0.4, 0.5) is 0 Å². The fourth-order valence-electron chi connectivity index (χ4n) is 3.06. The predicted molar refractivity (Wildman–Crippen MR) is 73.5 cm³/mol. The first-order valence-electron chi connectivity index (χ1n) is 7.50. The fraction of sp³-hybridized carbons (Fsp3) is 0.929. The number of hydrogen-bond acceptors (Lipinski definition) is 3. The molecular weight excluding hydrogens is 226 g/mol. The average Bonchev–Trinajstić information content (AvgIpc) is 2.90. The number of piperidine rings is 1. The molecule has 2 aliphatic heterocycles. The number of carbonyl (C=O) groups is 1. The summed E-state index contributed by atoms with van der Waals surface area (Å²) < 4.78 is 0. The maximum absolute atomic E-state index is 11.9. The zero-order valence-corrected chi connectivity index (χ0v) is 11.6. The van der Waals surface area contributed by atoms with Gasteiger partial charge in [-0.15, -0.1) is 0 Å². The lowest BCUT2D eigenvalue weighted by atomic mass is 10.0. The smallest absolute Gasteiger partial charge is 0.220 e. The van der Waals surface area contributed by atoms with Crippen molar-refractivity contribution in [1.82, 2.24) is 15.5 Å². The standard InChI is InChI=1S/C14H27N3O/c1-2-17-9-3-4-13(11-17)16-14(18)6-5-12-7-8-15-10-12/h12-13,15H,2-11H2,1H3,(H,16,18). The molecule has 2 heterocycles. The topological polar surface area (TPSA) is 44.4 Å². The van der Waals surface area contributed by atoms with E-state index in [1.54, 1.807) is 0 Å². The summed E-state index contributed by atoms with van der Waals surface area (Å²) in [6.07, 6.45) is 5.34. The van der Waals surface area contributed by atoms with Gasteiger partial charge in [0.2, 0.25) is 5.91 Å². The molecule has 4 heteroatoms. The summed E-state index contributed by atoms with van der Waals surface area (Å²) in [6.45, 7) is 7.74. The van der Waals surface area contributed by atoms with Crippen LogP contribution in [-0.4, -0.2) is 49.6 Å². The monoisotopic (exact) mass is 253 g/mol. The van der Waals surface area contributed by atoms with E-state index in [0.29, 0.717) is 18.4 Å². The van der Waals surface area contributed by atoms with Crippen LogP contribution in [0.15, 0.2) is 0 Å². The number of likely N-dealkylation sites (tertiary alicyclic amines) is 1. The van der Waals surface area contributed by atoms with Gasteiger partial charge in [0, 0.05) is 19.0 Å². The van der Waals surface area contributed by atoms with Crippen molar-refractivity contribution in [3.63, 3.8) is 0 Å². The van der Waals surface area contributed by atoms with Gasteiger partial charge in [0.1, 0.15) is 0 Å². The van der Waals surface area contributed by atoms with E-state index in [1.165, 1.54) is 19.4 Å². The molecule has 0 bridgehead atoms. The minimum Gasteiger partial charge on any atom is -0.352 e. The molecule has 0 radical (unpaired) electrons. The van der Waals surface area contributed by atoms with Crippen LogP contribution in [0.3, 0.4) is 0 Å². The minimum atomic E-state index is 0.254. The summed E-state index contributed by atoms with van der Waals surface area (Å²) in [5, 5.41) is 6.56. The Bertz CT molecular complexity index is 264. The van der Waals surface area contributed by atoms with Gasteiger partial charge in [-0.2, -0.15) is 0 Å².